The predicted molar refractivity (Wildman–Crippen MR) is 95.5 cm³/mol. The molecular formula is C18H15BrN2O4. The molecule has 0 radical (unpaired) electrons. The van der Waals surface area contributed by atoms with E-state index in [4.69, 9.17) is 9.26 Å². The SMILES string of the molecule is COc1ccc(Br)cc1CNC(=O)c1cc(-c2ccccc2O)on1. The van der Waals surface area contributed by atoms with Gasteiger partial charge in [-0.25, -0.2) is 0 Å². The van der Waals surface area contributed by atoms with Crippen molar-refractivity contribution in [1.29, 1.82) is 0 Å². The van der Waals surface area contributed by atoms with Crippen molar-refractivity contribution >= 4 is 21.8 Å². The van der Waals surface area contributed by atoms with Gasteiger partial charge in [0.2, 0.25) is 0 Å². The van der Waals surface area contributed by atoms with E-state index in [0.29, 0.717) is 17.1 Å². The van der Waals surface area contributed by atoms with Crippen LogP contribution in [0.2, 0.25) is 0 Å². The number of carbonyl (C=O) groups excluding carboxylic acids is 1. The zero-order chi connectivity index (χ0) is 17.8. The first-order chi connectivity index (χ1) is 12.1. The summed E-state index contributed by atoms with van der Waals surface area (Å²) in [6.45, 7) is 0.278. The number of phenolic OH excluding ortho intramolecular Hbond substituents is 1. The van der Waals surface area contributed by atoms with Gasteiger partial charge in [0.1, 0.15) is 11.5 Å². The summed E-state index contributed by atoms with van der Waals surface area (Å²) >= 11 is 3.39. The highest BCUT2D eigenvalue weighted by Crippen LogP contribution is 2.29. The Morgan fingerprint density at radius 3 is 2.84 bits per heavy atom. The number of rotatable bonds is 5. The molecule has 6 nitrogen and oxygen atoms in total. The van der Waals surface area contributed by atoms with Crippen LogP contribution in [0.5, 0.6) is 11.5 Å². The average Bonchev–Trinajstić information content (AvgIpc) is 3.10. The number of carbonyl (C=O) groups is 1. The van der Waals surface area contributed by atoms with Gasteiger partial charge in [-0.05, 0) is 30.3 Å². The molecule has 2 aromatic carbocycles. The largest absolute Gasteiger partial charge is 0.507 e. The lowest BCUT2D eigenvalue weighted by Gasteiger charge is -2.09. The first-order valence-electron chi connectivity index (χ1n) is 7.44. The zero-order valence-electron chi connectivity index (χ0n) is 13.3. The van der Waals surface area contributed by atoms with Crippen LogP contribution in [0.4, 0.5) is 0 Å². The van der Waals surface area contributed by atoms with Gasteiger partial charge in [0, 0.05) is 22.6 Å². The molecule has 0 aliphatic rings. The molecule has 1 aromatic heterocycles. The second-order valence-electron chi connectivity index (χ2n) is 5.23. The number of nitrogens with zero attached hydrogens (tertiary/aromatic N) is 1. The monoisotopic (exact) mass is 402 g/mol. The van der Waals surface area contributed by atoms with Crippen LogP contribution >= 0.6 is 15.9 Å². The van der Waals surface area contributed by atoms with E-state index >= 15 is 0 Å². The molecule has 2 N–H and O–H groups in total. The summed E-state index contributed by atoms with van der Waals surface area (Å²) in [7, 11) is 1.57. The number of nitrogens with one attached hydrogen (secondary N) is 1. The maximum absolute atomic E-state index is 12.3. The van der Waals surface area contributed by atoms with Crippen molar-refractivity contribution in [3.8, 4) is 22.8 Å². The Bertz CT molecular complexity index is 908. The van der Waals surface area contributed by atoms with Crippen LogP contribution in [0.3, 0.4) is 0 Å². The van der Waals surface area contributed by atoms with Crippen LogP contribution in [0.15, 0.2) is 57.5 Å². The number of halogens is 1. The number of hydrogen-bond donors (Lipinski definition) is 2. The first kappa shape index (κ1) is 17.0. The van der Waals surface area contributed by atoms with Crippen molar-refractivity contribution in [1.82, 2.24) is 10.5 Å². The van der Waals surface area contributed by atoms with Gasteiger partial charge in [-0.15, -0.1) is 0 Å². The van der Waals surface area contributed by atoms with Crippen molar-refractivity contribution in [3.63, 3.8) is 0 Å². The Balaban J connectivity index is 1.73. The van der Waals surface area contributed by atoms with Crippen LogP contribution in [-0.4, -0.2) is 23.3 Å². The summed E-state index contributed by atoms with van der Waals surface area (Å²) in [6.07, 6.45) is 0. The summed E-state index contributed by atoms with van der Waals surface area (Å²) in [5, 5.41) is 16.4. The molecule has 3 rings (SSSR count). The van der Waals surface area contributed by atoms with E-state index in [1.807, 2.05) is 18.2 Å². The smallest absolute Gasteiger partial charge is 0.273 e. The zero-order valence-corrected chi connectivity index (χ0v) is 14.9. The summed E-state index contributed by atoms with van der Waals surface area (Å²) in [5.41, 5.74) is 1.43. The van der Waals surface area contributed by atoms with Gasteiger partial charge in [0.05, 0.1) is 12.7 Å². The maximum Gasteiger partial charge on any atom is 0.273 e. The summed E-state index contributed by atoms with van der Waals surface area (Å²) in [6, 6.07) is 13.7. The quantitative estimate of drug-likeness (QED) is 0.678. The first-order valence-corrected chi connectivity index (χ1v) is 8.23. The Labute approximate surface area is 152 Å². The number of aromatic hydroxyl groups is 1. The molecule has 3 aromatic rings. The second-order valence-corrected chi connectivity index (χ2v) is 6.15. The third-order valence-electron chi connectivity index (χ3n) is 3.59. The molecule has 7 heteroatoms. The van der Waals surface area contributed by atoms with Gasteiger partial charge in [-0.2, -0.15) is 0 Å². The number of amides is 1. The molecule has 0 saturated heterocycles. The number of phenols is 1. The number of methoxy groups -OCH3 is 1. The Hall–Kier alpha value is -2.80. The van der Waals surface area contributed by atoms with Crippen molar-refractivity contribution in [2.24, 2.45) is 0 Å². The summed E-state index contributed by atoms with van der Waals surface area (Å²) < 4.78 is 11.3. The van der Waals surface area contributed by atoms with Gasteiger partial charge in [-0.3, -0.25) is 4.79 Å². The molecule has 0 bridgehead atoms. The van der Waals surface area contributed by atoms with Crippen molar-refractivity contribution < 1.29 is 19.2 Å². The Morgan fingerprint density at radius 2 is 2.08 bits per heavy atom. The van der Waals surface area contributed by atoms with Crippen molar-refractivity contribution in [3.05, 3.63) is 64.3 Å². The van der Waals surface area contributed by atoms with Crippen LogP contribution in [0.25, 0.3) is 11.3 Å². The van der Waals surface area contributed by atoms with E-state index in [2.05, 4.69) is 26.4 Å². The highest BCUT2D eigenvalue weighted by atomic mass is 79.9. The Morgan fingerprint density at radius 1 is 1.28 bits per heavy atom. The molecular weight excluding hydrogens is 388 g/mol. The minimum Gasteiger partial charge on any atom is -0.507 e. The number of aromatic nitrogens is 1. The van der Waals surface area contributed by atoms with Crippen LogP contribution in [0, 0.1) is 0 Å². The Kier molecular flexibility index (Phi) is 5.04. The minimum absolute atomic E-state index is 0.0597. The highest BCUT2D eigenvalue weighted by molar-refractivity contribution is 9.10. The number of hydrogen-bond acceptors (Lipinski definition) is 5. The predicted octanol–water partition coefficient (Wildman–Crippen LogP) is 3.75. The van der Waals surface area contributed by atoms with Gasteiger partial charge in [0.15, 0.2) is 11.5 Å². The van der Waals surface area contributed by atoms with E-state index in [9.17, 15) is 9.90 Å². The van der Waals surface area contributed by atoms with E-state index < -0.39 is 0 Å². The van der Waals surface area contributed by atoms with E-state index in [1.165, 1.54) is 12.1 Å². The third kappa shape index (κ3) is 3.83. The summed E-state index contributed by atoms with van der Waals surface area (Å²) in [5.74, 6) is 0.679. The van der Waals surface area contributed by atoms with Crippen molar-refractivity contribution in [2.45, 2.75) is 6.54 Å². The lowest BCUT2D eigenvalue weighted by atomic mass is 10.1. The fraction of sp³-hybridized carbons (Fsp3) is 0.111. The molecule has 0 saturated carbocycles. The molecule has 0 unspecified atom stereocenters. The lowest BCUT2D eigenvalue weighted by Crippen LogP contribution is -2.23. The van der Waals surface area contributed by atoms with Gasteiger partial charge < -0.3 is 19.7 Å². The van der Waals surface area contributed by atoms with Crippen LogP contribution in [-0.2, 0) is 6.54 Å². The lowest BCUT2D eigenvalue weighted by molar-refractivity contribution is 0.0941. The standard InChI is InChI=1S/C18H15BrN2O4/c1-24-16-7-6-12(19)8-11(16)10-20-18(23)14-9-17(25-21-14)13-4-2-3-5-15(13)22/h2-9,22H,10H2,1H3,(H,20,23). The molecule has 0 atom stereocenters. The molecule has 1 amide bonds. The number of ether oxygens (including phenoxy) is 1. The van der Waals surface area contributed by atoms with Gasteiger partial charge in [0.25, 0.3) is 5.91 Å². The molecule has 0 aliphatic heterocycles. The van der Waals surface area contributed by atoms with E-state index in [-0.39, 0.29) is 23.9 Å². The highest BCUT2D eigenvalue weighted by Gasteiger charge is 2.16. The second kappa shape index (κ2) is 7.40. The van der Waals surface area contributed by atoms with Crippen molar-refractivity contribution in [2.75, 3.05) is 7.11 Å². The third-order valence-corrected chi connectivity index (χ3v) is 4.09. The van der Waals surface area contributed by atoms with Gasteiger partial charge >= 0.3 is 0 Å². The fourth-order valence-electron chi connectivity index (χ4n) is 2.34. The molecule has 25 heavy (non-hydrogen) atoms. The minimum atomic E-state index is -0.382. The average molecular weight is 403 g/mol. The number of para-hydroxylation sites is 1. The molecule has 0 spiro atoms. The fourth-order valence-corrected chi connectivity index (χ4v) is 2.75. The number of benzene rings is 2. The normalized spacial score (nSPS) is 10.5. The molecule has 0 aliphatic carbocycles. The van der Waals surface area contributed by atoms with Crippen LogP contribution in [0.1, 0.15) is 16.1 Å². The molecule has 128 valence electrons. The maximum atomic E-state index is 12.3. The van der Waals surface area contributed by atoms with Gasteiger partial charge in [-0.1, -0.05) is 33.2 Å². The van der Waals surface area contributed by atoms with E-state index in [1.54, 1.807) is 25.3 Å². The topological polar surface area (TPSA) is 84.6 Å². The van der Waals surface area contributed by atoms with Crippen LogP contribution < -0.4 is 10.1 Å². The molecule has 1 heterocycles. The summed E-state index contributed by atoms with van der Waals surface area (Å²) in [4.78, 5) is 12.3. The van der Waals surface area contributed by atoms with E-state index in [0.717, 1.165) is 10.0 Å². The molecule has 0 fully saturated rings.